The first kappa shape index (κ1) is 13.6. The predicted molar refractivity (Wildman–Crippen MR) is 68.4 cm³/mol. The molecule has 0 atom stereocenters. The van der Waals surface area contributed by atoms with E-state index in [2.05, 4.69) is 0 Å². The number of hydrogen-bond acceptors (Lipinski definition) is 3. The molecule has 0 saturated heterocycles. The summed E-state index contributed by atoms with van der Waals surface area (Å²) in [4.78, 5) is 13.4. The number of benzene rings is 1. The van der Waals surface area contributed by atoms with Crippen molar-refractivity contribution in [1.29, 1.82) is 0 Å². The molecule has 0 unspecified atom stereocenters. The van der Waals surface area contributed by atoms with Gasteiger partial charge in [0, 0.05) is 17.7 Å². The van der Waals surface area contributed by atoms with E-state index in [-0.39, 0.29) is 12.3 Å². The van der Waals surface area contributed by atoms with Gasteiger partial charge in [-0.05, 0) is 39.3 Å². The molecule has 0 fully saturated rings. The maximum atomic E-state index is 13.7. The molecule has 1 aliphatic heterocycles. The van der Waals surface area contributed by atoms with E-state index >= 15 is 0 Å². The van der Waals surface area contributed by atoms with Crippen LogP contribution >= 0.6 is 0 Å². The van der Waals surface area contributed by atoms with E-state index in [1.165, 1.54) is 17.0 Å². The van der Waals surface area contributed by atoms with Crippen LogP contribution < -0.4 is 0 Å². The fourth-order valence-corrected chi connectivity index (χ4v) is 2.10. The van der Waals surface area contributed by atoms with E-state index in [1.54, 1.807) is 20.8 Å². The number of phenols is 1. The van der Waals surface area contributed by atoms with Gasteiger partial charge in [0.25, 0.3) is 0 Å². The zero-order chi connectivity index (χ0) is 14.2. The van der Waals surface area contributed by atoms with Crippen LogP contribution in [0.25, 0.3) is 0 Å². The van der Waals surface area contributed by atoms with E-state index in [0.717, 1.165) is 0 Å². The Kier molecular flexibility index (Phi) is 3.39. The number of fused-ring (bicyclic) bond motifs is 1. The second-order valence-corrected chi connectivity index (χ2v) is 5.68. The van der Waals surface area contributed by atoms with Crippen molar-refractivity contribution in [1.82, 2.24) is 4.90 Å². The Balaban J connectivity index is 2.18. The first-order valence-electron chi connectivity index (χ1n) is 6.25. The summed E-state index contributed by atoms with van der Waals surface area (Å²) in [6.07, 6.45) is -0.0288. The fourth-order valence-electron chi connectivity index (χ4n) is 2.10. The van der Waals surface area contributed by atoms with Crippen molar-refractivity contribution in [2.75, 3.05) is 6.54 Å². The van der Waals surface area contributed by atoms with Gasteiger partial charge in [0.05, 0.1) is 6.54 Å². The molecule has 4 nitrogen and oxygen atoms in total. The van der Waals surface area contributed by atoms with Crippen LogP contribution in [0.2, 0.25) is 0 Å². The van der Waals surface area contributed by atoms with Crippen LogP contribution in [0.5, 0.6) is 5.75 Å². The van der Waals surface area contributed by atoms with E-state index in [9.17, 15) is 14.3 Å². The lowest BCUT2D eigenvalue weighted by molar-refractivity contribution is 0.0221. The highest BCUT2D eigenvalue weighted by Gasteiger charge is 2.28. The molecule has 19 heavy (non-hydrogen) atoms. The number of halogens is 1. The molecule has 1 aromatic rings. The lowest BCUT2D eigenvalue weighted by Crippen LogP contribution is -2.40. The van der Waals surface area contributed by atoms with Crippen molar-refractivity contribution >= 4 is 6.09 Å². The Morgan fingerprint density at radius 1 is 1.37 bits per heavy atom. The van der Waals surface area contributed by atoms with Crippen LogP contribution in [0.3, 0.4) is 0 Å². The standard InChI is InChI=1S/C14H18FNO3/c1-14(2,3)19-13(18)16-7-6-9-10(8-16)11(15)4-5-12(9)17/h4-5,17H,6-8H2,1-3H3. The van der Waals surface area contributed by atoms with Gasteiger partial charge in [0.15, 0.2) is 0 Å². The van der Waals surface area contributed by atoms with Crippen molar-refractivity contribution in [3.05, 3.63) is 29.1 Å². The molecular weight excluding hydrogens is 249 g/mol. The number of nitrogens with zero attached hydrogens (tertiary/aromatic N) is 1. The van der Waals surface area contributed by atoms with Crippen molar-refractivity contribution in [3.63, 3.8) is 0 Å². The zero-order valence-corrected chi connectivity index (χ0v) is 11.4. The average molecular weight is 267 g/mol. The van der Waals surface area contributed by atoms with Crippen LogP contribution in [0.4, 0.5) is 9.18 Å². The molecule has 1 aromatic carbocycles. The first-order valence-corrected chi connectivity index (χ1v) is 6.25. The Hall–Kier alpha value is -1.78. The van der Waals surface area contributed by atoms with Gasteiger partial charge in [-0.2, -0.15) is 0 Å². The van der Waals surface area contributed by atoms with Gasteiger partial charge in [-0.1, -0.05) is 0 Å². The van der Waals surface area contributed by atoms with Crippen molar-refractivity contribution in [2.24, 2.45) is 0 Å². The minimum absolute atomic E-state index is 0.0836. The molecule has 5 heteroatoms. The van der Waals surface area contributed by atoms with Crippen molar-refractivity contribution < 1.29 is 19.0 Å². The number of aromatic hydroxyl groups is 1. The van der Waals surface area contributed by atoms with E-state index < -0.39 is 17.5 Å². The predicted octanol–water partition coefficient (Wildman–Crippen LogP) is 2.82. The van der Waals surface area contributed by atoms with Crippen LogP contribution in [0.15, 0.2) is 12.1 Å². The highest BCUT2D eigenvalue weighted by atomic mass is 19.1. The lowest BCUT2D eigenvalue weighted by Gasteiger charge is -2.31. The smallest absolute Gasteiger partial charge is 0.410 e. The minimum Gasteiger partial charge on any atom is -0.508 e. The normalized spacial score (nSPS) is 15.1. The van der Waals surface area contributed by atoms with Gasteiger partial charge < -0.3 is 14.7 Å². The Morgan fingerprint density at radius 3 is 2.68 bits per heavy atom. The molecule has 0 aromatic heterocycles. The van der Waals surface area contributed by atoms with Crippen molar-refractivity contribution in [2.45, 2.75) is 39.3 Å². The fraction of sp³-hybridized carbons (Fsp3) is 0.500. The van der Waals surface area contributed by atoms with Crippen molar-refractivity contribution in [3.8, 4) is 5.75 Å². The molecule has 0 radical (unpaired) electrons. The average Bonchev–Trinajstić information content (AvgIpc) is 2.31. The van der Waals surface area contributed by atoms with Gasteiger partial charge in [-0.3, -0.25) is 0 Å². The summed E-state index contributed by atoms with van der Waals surface area (Å²) >= 11 is 0. The molecule has 0 bridgehead atoms. The molecule has 0 saturated carbocycles. The van der Waals surface area contributed by atoms with Crippen LogP contribution in [0.1, 0.15) is 31.9 Å². The molecular formula is C14H18FNO3. The summed E-state index contributed by atoms with van der Waals surface area (Å²) in [7, 11) is 0. The molecule has 1 amide bonds. The molecule has 0 spiro atoms. The second-order valence-electron chi connectivity index (χ2n) is 5.68. The molecule has 1 aliphatic rings. The topological polar surface area (TPSA) is 49.8 Å². The number of hydrogen-bond donors (Lipinski definition) is 1. The van der Waals surface area contributed by atoms with E-state index in [1.807, 2.05) is 0 Å². The molecule has 1 heterocycles. The number of carbonyl (C=O) groups is 1. The number of rotatable bonds is 0. The number of carbonyl (C=O) groups excluding carboxylic acids is 1. The van der Waals surface area contributed by atoms with Gasteiger partial charge >= 0.3 is 6.09 Å². The quantitative estimate of drug-likeness (QED) is 0.786. The summed E-state index contributed by atoms with van der Waals surface area (Å²) in [5, 5.41) is 9.69. The first-order chi connectivity index (χ1) is 8.78. The maximum absolute atomic E-state index is 13.7. The summed E-state index contributed by atoms with van der Waals surface area (Å²) in [5.41, 5.74) is 0.381. The van der Waals surface area contributed by atoms with E-state index in [0.29, 0.717) is 24.1 Å². The Morgan fingerprint density at radius 2 is 2.05 bits per heavy atom. The van der Waals surface area contributed by atoms with E-state index in [4.69, 9.17) is 4.74 Å². The summed E-state index contributed by atoms with van der Waals surface area (Å²) in [6.45, 7) is 5.91. The zero-order valence-electron chi connectivity index (χ0n) is 11.4. The van der Waals surface area contributed by atoms with Gasteiger partial charge in [0.1, 0.15) is 17.2 Å². The summed E-state index contributed by atoms with van der Waals surface area (Å²) in [5.74, 6) is -0.318. The van der Waals surface area contributed by atoms with Crippen LogP contribution in [0, 0.1) is 5.82 Å². The third-order valence-electron chi connectivity index (χ3n) is 2.98. The van der Waals surface area contributed by atoms with Gasteiger partial charge in [-0.15, -0.1) is 0 Å². The van der Waals surface area contributed by atoms with Crippen LogP contribution in [-0.2, 0) is 17.7 Å². The Labute approximate surface area is 111 Å². The lowest BCUT2D eigenvalue weighted by atomic mass is 9.98. The minimum atomic E-state index is -0.575. The summed E-state index contributed by atoms with van der Waals surface area (Å²) in [6, 6.07) is 2.56. The van der Waals surface area contributed by atoms with Gasteiger partial charge in [0.2, 0.25) is 0 Å². The molecule has 104 valence electrons. The van der Waals surface area contributed by atoms with Crippen LogP contribution in [-0.4, -0.2) is 28.2 Å². The maximum Gasteiger partial charge on any atom is 0.410 e. The number of phenolic OH excluding ortho intramolecular Hbond substituents is 1. The molecule has 1 N–H and O–H groups in total. The third kappa shape index (κ3) is 2.97. The second kappa shape index (κ2) is 4.72. The number of amides is 1. The third-order valence-corrected chi connectivity index (χ3v) is 2.98. The molecule has 2 rings (SSSR count). The Bertz CT molecular complexity index is 508. The van der Waals surface area contributed by atoms with Gasteiger partial charge in [-0.25, -0.2) is 9.18 Å². The SMILES string of the molecule is CC(C)(C)OC(=O)N1CCc2c(O)ccc(F)c2C1. The summed E-state index contributed by atoms with van der Waals surface area (Å²) < 4.78 is 19.0. The highest BCUT2D eigenvalue weighted by molar-refractivity contribution is 5.69. The molecule has 0 aliphatic carbocycles. The monoisotopic (exact) mass is 267 g/mol. The number of ether oxygens (including phenoxy) is 1. The highest BCUT2D eigenvalue weighted by Crippen LogP contribution is 2.29. The largest absolute Gasteiger partial charge is 0.508 e.